The van der Waals surface area contributed by atoms with Gasteiger partial charge in [-0.2, -0.15) is 0 Å². The van der Waals surface area contributed by atoms with E-state index in [4.69, 9.17) is 9.26 Å². The number of ketones is 1. The molecule has 1 aromatic carbocycles. The second kappa shape index (κ2) is 8.00. The third-order valence-corrected chi connectivity index (χ3v) is 5.49. The van der Waals surface area contributed by atoms with E-state index in [1.807, 2.05) is 0 Å². The number of anilines is 1. The fourth-order valence-corrected chi connectivity index (χ4v) is 3.98. The number of aliphatic hydroxyl groups is 1. The molecule has 7 nitrogen and oxygen atoms in total. The van der Waals surface area contributed by atoms with Gasteiger partial charge in [0, 0.05) is 6.07 Å². The minimum Gasteiger partial charge on any atom is -0.503 e. The first-order chi connectivity index (χ1) is 14.5. The Kier molecular flexibility index (Phi) is 5.24. The number of amides is 1. The van der Waals surface area contributed by atoms with Crippen LogP contribution >= 0.6 is 11.3 Å². The van der Waals surface area contributed by atoms with Crippen molar-refractivity contribution in [3.63, 3.8) is 0 Å². The molecule has 4 rings (SSSR count). The Hall–Kier alpha value is -3.65. The summed E-state index contributed by atoms with van der Waals surface area (Å²) in [4.78, 5) is 27.8. The predicted octanol–water partition coefficient (Wildman–Crippen LogP) is 4.39. The van der Waals surface area contributed by atoms with Crippen molar-refractivity contribution in [1.82, 2.24) is 5.16 Å². The van der Waals surface area contributed by atoms with E-state index >= 15 is 0 Å². The van der Waals surface area contributed by atoms with Gasteiger partial charge in [-0.3, -0.25) is 14.5 Å². The van der Waals surface area contributed by atoms with Crippen molar-refractivity contribution in [2.75, 3.05) is 11.5 Å². The van der Waals surface area contributed by atoms with Gasteiger partial charge in [0.05, 0.1) is 16.5 Å². The Morgan fingerprint density at radius 3 is 2.73 bits per heavy atom. The maximum atomic E-state index is 13.2. The summed E-state index contributed by atoms with van der Waals surface area (Å²) in [6, 6.07) is 11.1. The molecule has 1 atom stereocenters. The van der Waals surface area contributed by atoms with E-state index in [0.717, 1.165) is 0 Å². The summed E-state index contributed by atoms with van der Waals surface area (Å²) in [5, 5.41) is 16.3. The summed E-state index contributed by atoms with van der Waals surface area (Å²) in [5.41, 5.74) is 0.627. The van der Waals surface area contributed by atoms with Crippen molar-refractivity contribution in [2.24, 2.45) is 0 Å². The maximum Gasteiger partial charge on any atom is 0.295 e. The summed E-state index contributed by atoms with van der Waals surface area (Å²) in [7, 11) is 0. The van der Waals surface area contributed by atoms with E-state index in [1.54, 1.807) is 60.8 Å². The molecule has 2 aromatic heterocycles. The Morgan fingerprint density at radius 2 is 2.13 bits per heavy atom. The molecule has 1 aliphatic rings. The van der Waals surface area contributed by atoms with Gasteiger partial charge in [-0.05, 0) is 36.1 Å². The zero-order chi connectivity index (χ0) is 21.3. The summed E-state index contributed by atoms with van der Waals surface area (Å²) >= 11 is 1.24. The molecule has 1 amide bonds. The van der Waals surface area contributed by atoms with Crippen molar-refractivity contribution in [3.8, 4) is 5.75 Å². The molecule has 1 N–H and O–H groups in total. The number of carbonyl (C=O) groups excluding carboxylic acids is 2. The van der Waals surface area contributed by atoms with E-state index in [2.05, 4.69) is 11.7 Å². The summed E-state index contributed by atoms with van der Waals surface area (Å²) in [6.07, 6.45) is 1.64. The van der Waals surface area contributed by atoms with E-state index in [1.165, 1.54) is 16.2 Å². The second-order valence-corrected chi connectivity index (χ2v) is 7.56. The average Bonchev–Trinajstić information content (AvgIpc) is 3.48. The molecule has 0 fully saturated rings. The van der Waals surface area contributed by atoms with Crippen molar-refractivity contribution in [2.45, 2.75) is 13.0 Å². The number of hydrogen-bond acceptors (Lipinski definition) is 7. The van der Waals surface area contributed by atoms with Gasteiger partial charge in [0.25, 0.3) is 5.91 Å². The Morgan fingerprint density at radius 1 is 1.37 bits per heavy atom. The minimum absolute atomic E-state index is 0.00265. The summed E-state index contributed by atoms with van der Waals surface area (Å²) in [5.74, 6) is -0.370. The minimum atomic E-state index is -0.856. The molecule has 30 heavy (non-hydrogen) atoms. The molecule has 3 aromatic rings. The highest BCUT2D eigenvalue weighted by Gasteiger charge is 2.46. The van der Waals surface area contributed by atoms with Crippen LogP contribution in [0.2, 0.25) is 0 Å². The first-order valence-electron chi connectivity index (χ1n) is 9.13. The number of thiophene rings is 1. The van der Waals surface area contributed by atoms with E-state index in [-0.39, 0.29) is 11.4 Å². The highest BCUT2D eigenvalue weighted by molar-refractivity contribution is 7.12. The van der Waals surface area contributed by atoms with Crippen LogP contribution in [0.5, 0.6) is 5.75 Å². The third kappa shape index (κ3) is 3.42. The molecule has 0 saturated carbocycles. The van der Waals surface area contributed by atoms with E-state index in [9.17, 15) is 14.7 Å². The van der Waals surface area contributed by atoms with Crippen LogP contribution < -0.4 is 9.64 Å². The molecule has 0 spiro atoms. The summed E-state index contributed by atoms with van der Waals surface area (Å²) < 4.78 is 10.6. The first kappa shape index (κ1) is 19.7. The predicted molar refractivity (Wildman–Crippen MR) is 112 cm³/mol. The van der Waals surface area contributed by atoms with Gasteiger partial charge < -0.3 is 14.4 Å². The SMILES string of the molecule is C=CCOc1ccc([C@H]2C(C(=O)c3cccs3)=C(O)C(=O)N2c2cc(C)on2)cc1. The maximum absolute atomic E-state index is 13.2. The lowest BCUT2D eigenvalue weighted by Crippen LogP contribution is -2.31. The Labute approximate surface area is 176 Å². The smallest absolute Gasteiger partial charge is 0.295 e. The molecule has 0 aliphatic carbocycles. The number of benzene rings is 1. The third-order valence-electron chi connectivity index (χ3n) is 4.62. The molecule has 0 bridgehead atoms. The standard InChI is InChI=1S/C22H18N2O5S/c1-3-10-28-15-8-6-14(7-9-15)19-18(20(25)16-5-4-11-30-16)21(26)22(27)24(19)17-12-13(2)29-23-17/h3-9,11-12,19,26H,1,10H2,2H3/t19-/m0/s1. The fourth-order valence-electron chi connectivity index (χ4n) is 3.30. The van der Waals surface area contributed by atoms with Gasteiger partial charge in [-0.15, -0.1) is 11.3 Å². The number of rotatable bonds is 7. The van der Waals surface area contributed by atoms with Crippen LogP contribution in [0.1, 0.15) is 27.0 Å². The monoisotopic (exact) mass is 422 g/mol. The number of hydrogen-bond donors (Lipinski definition) is 1. The van der Waals surface area contributed by atoms with Gasteiger partial charge in [-0.1, -0.05) is 36.0 Å². The van der Waals surface area contributed by atoms with Gasteiger partial charge >= 0.3 is 0 Å². The van der Waals surface area contributed by atoms with Crippen LogP contribution in [0.4, 0.5) is 5.82 Å². The fraction of sp³-hybridized carbons (Fsp3) is 0.136. The number of carbonyl (C=O) groups is 2. The van der Waals surface area contributed by atoms with Crippen LogP contribution in [-0.4, -0.2) is 28.6 Å². The number of aromatic nitrogens is 1. The molecule has 0 unspecified atom stereocenters. The van der Waals surface area contributed by atoms with Crippen LogP contribution in [-0.2, 0) is 4.79 Å². The van der Waals surface area contributed by atoms with Crippen LogP contribution in [0, 0.1) is 6.92 Å². The molecule has 1 aliphatic heterocycles. The van der Waals surface area contributed by atoms with Gasteiger partial charge in [0.15, 0.2) is 11.6 Å². The van der Waals surface area contributed by atoms with Crippen LogP contribution in [0.15, 0.2) is 76.4 Å². The number of aliphatic hydroxyl groups excluding tert-OH is 1. The zero-order valence-corrected chi connectivity index (χ0v) is 16.9. The average molecular weight is 422 g/mol. The molecular formula is C22H18N2O5S. The second-order valence-electron chi connectivity index (χ2n) is 6.61. The Balaban J connectivity index is 1.80. The molecule has 3 heterocycles. The van der Waals surface area contributed by atoms with Crippen molar-refractivity contribution < 1.29 is 24.0 Å². The highest BCUT2D eigenvalue weighted by Crippen LogP contribution is 2.42. The van der Waals surface area contributed by atoms with Gasteiger partial charge in [-0.25, -0.2) is 0 Å². The highest BCUT2D eigenvalue weighted by atomic mass is 32.1. The van der Waals surface area contributed by atoms with Crippen LogP contribution in [0.25, 0.3) is 0 Å². The zero-order valence-electron chi connectivity index (χ0n) is 16.1. The number of ether oxygens (including phenoxy) is 1. The van der Waals surface area contributed by atoms with Crippen molar-refractivity contribution >= 4 is 28.8 Å². The normalized spacial score (nSPS) is 16.2. The number of Topliss-reactive ketones (excluding diaryl/α,β-unsaturated/α-hetero) is 1. The van der Waals surface area contributed by atoms with Crippen molar-refractivity contribution in [1.29, 1.82) is 0 Å². The van der Waals surface area contributed by atoms with E-state index < -0.39 is 23.5 Å². The molecular weight excluding hydrogens is 404 g/mol. The molecule has 152 valence electrons. The molecule has 0 radical (unpaired) electrons. The van der Waals surface area contributed by atoms with E-state index in [0.29, 0.717) is 28.6 Å². The quantitative estimate of drug-likeness (QED) is 0.448. The molecule has 8 heteroatoms. The Bertz CT molecular complexity index is 1130. The lowest BCUT2D eigenvalue weighted by Gasteiger charge is -2.24. The largest absolute Gasteiger partial charge is 0.503 e. The topological polar surface area (TPSA) is 92.9 Å². The first-order valence-corrected chi connectivity index (χ1v) is 10.0. The lowest BCUT2D eigenvalue weighted by atomic mass is 9.95. The van der Waals surface area contributed by atoms with Gasteiger partial charge in [0.2, 0.25) is 5.78 Å². The van der Waals surface area contributed by atoms with Gasteiger partial charge in [0.1, 0.15) is 18.1 Å². The molecule has 0 saturated heterocycles. The number of aryl methyl sites for hydroxylation is 1. The van der Waals surface area contributed by atoms with Crippen LogP contribution in [0.3, 0.4) is 0 Å². The van der Waals surface area contributed by atoms with Crippen molar-refractivity contribution in [3.05, 3.63) is 88.0 Å². The summed E-state index contributed by atoms with van der Waals surface area (Å²) in [6.45, 7) is 5.67. The number of nitrogens with zero attached hydrogens (tertiary/aromatic N) is 2. The lowest BCUT2D eigenvalue weighted by molar-refractivity contribution is -0.117.